The topological polar surface area (TPSA) is 101 Å². The largest absolute Gasteiger partial charge is 0.346 e. The molecule has 0 saturated carbocycles. The molecule has 2 N–H and O–H groups in total. The number of benzene rings is 1. The molecule has 1 amide bonds. The van der Waals surface area contributed by atoms with Crippen LogP contribution in [0.3, 0.4) is 0 Å². The molecule has 108 valence electrons. The Labute approximate surface area is 120 Å². The molecule has 0 aliphatic carbocycles. The van der Waals surface area contributed by atoms with E-state index in [4.69, 9.17) is 0 Å². The van der Waals surface area contributed by atoms with Gasteiger partial charge in [0.1, 0.15) is 0 Å². The number of H-pyrrole nitrogens is 1. The Bertz CT molecular complexity index is 647. The second-order valence-electron chi connectivity index (χ2n) is 4.44. The molecule has 0 spiro atoms. The molecule has 0 aliphatic heterocycles. The molecular weight excluding hydrogens is 272 g/mol. The zero-order chi connectivity index (χ0) is 15.2. The summed E-state index contributed by atoms with van der Waals surface area (Å²) in [4.78, 5) is 21.8. The highest BCUT2D eigenvalue weighted by molar-refractivity contribution is 5.91. The minimum atomic E-state index is -0.465. The second-order valence-corrected chi connectivity index (χ2v) is 4.44. The van der Waals surface area contributed by atoms with Crippen LogP contribution in [0.2, 0.25) is 0 Å². The van der Waals surface area contributed by atoms with E-state index >= 15 is 0 Å². The lowest BCUT2D eigenvalue weighted by Gasteiger charge is -2.09. The number of nitro benzene ring substituents is 1. The number of nitro groups is 1. The summed E-state index contributed by atoms with van der Waals surface area (Å²) in [5, 5.41) is 19.8. The monoisotopic (exact) mass is 286 g/mol. The maximum absolute atomic E-state index is 11.8. The molecule has 1 heterocycles. The van der Waals surface area contributed by atoms with Crippen molar-refractivity contribution < 1.29 is 9.72 Å². The third-order valence-electron chi connectivity index (χ3n) is 2.91. The van der Waals surface area contributed by atoms with Gasteiger partial charge in [-0.05, 0) is 30.7 Å². The number of non-ortho nitro benzene ring substituents is 1. The molecule has 21 heavy (non-hydrogen) atoms. The number of hydrogen-bond acceptors (Lipinski definition) is 4. The summed E-state index contributed by atoms with van der Waals surface area (Å²) < 4.78 is 0. The molecule has 2 rings (SSSR count). The van der Waals surface area contributed by atoms with E-state index < -0.39 is 4.92 Å². The maximum atomic E-state index is 11.8. The van der Waals surface area contributed by atoms with Crippen LogP contribution in [0.15, 0.2) is 42.7 Å². The summed E-state index contributed by atoms with van der Waals surface area (Å²) in [6.45, 7) is 1.85. The van der Waals surface area contributed by atoms with Gasteiger partial charge in [-0.2, -0.15) is 5.10 Å². The number of nitrogens with one attached hydrogen (secondary N) is 2. The number of carbonyl (C=O) groups excluding carboxylic acids is 1. The molecule has 0 fully saturated rings. The molecule has 1 aromatic heterocycles. The number of carbonyl (C=O) groups is 1. The molecule has 7 nitrogen and oxygen atoms in total. The molecule has 7 heteroatoms. The van der Waals surface area contributed by atoms with E-state index in [9.17, 15) is 14.9 Å². The van der Waals surface area contributed by atoms with Crippen molar-refractivity contribution in [3.63, 3.8) is 0 Å². The maximum Gasteiger partial charge on any atom is 0.269 e. The third kappa shape index (κ3) is 4.00. The lowest BCUT2D eigenvalue weighted by molar-refractivity contribution is -0.384. The number of aromatic nitrogens is 2. The van der Waals surface area contributed by atoms with Crippen molar-refractivity contribution in [3.05, 3.63) is 64.0 Å². The Balaban J connectivity index is 1.94. The Morgan fingerprint density at radius 3 is 2.71 bits per heavy atom. The second kappa shape index (κ2) is 6.47. The normalized spacial score (nSPS) is 12.2. The molecule has 1 atom stereocenters. The van der Waals surface area contributed by atoms with Crippen molar-refractivity contribution in [1.82, 2.24) is 15.5 Å². The summed E-state index contributed by atoms with van der Waals surface area (Å²) in [6.07, 6.45) is 6.34. The van der Waals surface area contributed by atoms with E-state index in [1.807, 2.05) is 6.92 Å². The summed E-state index contributed by atoms with van der Waals surface area (Å²) >= 11 is 0. The average molecular weight is 286 g/mol. The first-order valence-corrected chi connectivity index (χ1v) is 6.28. The average Bonchev–Trinajstić information content (AvgIpc) is 3.00. The zero-order valence-electron chi connectivity index (χ0n) is 11.3. The molecule has 2 aromatic rings. The van der Waals surface area contributed by atoms with Crippen molar-refractivity contribution >= 4 is 17.7 Å². The van der Waals surface area contributed by atoms with Gasteiger partial charge in [0.15, 0.2) is 0 Å². The van der Waals surface area contributed by atoms with Gasteiger partial charge in [-0.1, -0.05) is 0 Å². The van der Waals surface area contributed by atoms with Gasteiger partial charge in [0.25, 0.3) is 5.69 Å². The van der Waals surface area contributed by atoms with Gasteiger partial charge in [-0.15, -0.1) is 0 Å². The van der Waals surface area contributed by atoms with Crippen LogP contribution in [-0.2, 0) is 4.79 Å². The van der Waals surface area contributed by atoms with Gasteiger partial charge in [0.2, 0.25) is 5.91 Å². The van der Waals surface area contributed by atoms with E-state index in [-0.39, 0.29) is 17.6 Å². The Morgan fingerprint density at radius 1 is 1.43 bits per heavy atom. The van der Waals surface area contributed by atoms with E-state index in [1.165, 1.54) is 18.2 Å². The van der Waals surface area contributed by atoms with Crippen LogP contribution in [0.25, 0.3) is 6.08 Å². The van der Waals surface area contributed by atoms with Crippen LogP contribution in [0.5, 0.6) is 0 Å². The van der Waals surface area contributed by atoms with Gasteiger partial charge in [-0.3, -0.25) is 20.0 Å². The summed E-state index contributed by atoms with van der Waals surface area (Å²) in [5.74, 6) is -0.248. The molecule has 0 bridgehead atoms. The van der Waals surface area contributed by atoms with Crippen molar-refractivity contribution in [3.8, 4) is 0 Å². The van der Waals surface area contributed by atoms with Crippen LogP contribution < -0.4 is 5.32 Å². The van der Waals surface area contributed by atoms with E-state index in [0.717, 1.165) is 5.56 Å². The number of hydrogen-bond donors (Lipinski definition) is 2. The quantitative estimate of drug-likeness (QED) is 0.500. The molecule has 0 aliphatic rings. The summed E-state index contributed by atoms with van der Waals surface area (Å²) in [6, 6.07) is 5.80. The highest BCUT2D eigenvalue weighted by Crippen LogP contribution is 2.13. The lowest BCUT2D eigenvalue weighted by Crippen LogP contribution is -2.24. The first-order valence-electron chi connectivity index (χ1n) is 6.28. The van der Waals surface area contributed by atoms with Gasteiger partial charge in [-0.25, -0.2) is 0 Å². The van der Waals surface area contributed by atoms with Crippen molar-refractivity contribution in [2.75, 3.05) is 0 Å². The number of rotatable bonds is 5. The Hall–Kier alpha value is -2.96. The first-order chi connectivity index (χ1) is 10.1. The molecule has 1 unspecified atom stereocenters. The fourth-order valence-corrected chi connectivity index (χ4v) is 1.72. The fourth-order valence-electron chi connectivity index (χ4n) is 1.72. The van der Waals surface area contributed by atoms with Crippen LogP contribution >= 0.6 is 0 Å². The van der Waals surface area contributed by atoms with Crippen molar-refractivity contribution in [2.45, 2.75) is 13.0 Å². The third-order valence-corrected chi connectivity index (χ3v) is 2.91. The Kier molecular flexibility index (Phi) is 4.45. The molecule has 1 aromatic carbocycles. The van der Waals surface area contributed by atoms with Crippen LogP contribution in [0.1, 0.15) is 24.1 Å². The fraction of sp³-hybridized carbons (Fsp3) is 0.143. The standard InChI is InChI=1S/C14H14N4O3/c1-10(12-8-15-16-9-12)17-14(19)7-4-11-2-5-13(6-3-11)18(20)21/h2-10H,1H3,(H,15,16)(H,17,19)/b7-4+. The minimum Gasteiger partial charge on any atom is -0.346 e. The first kappa shape index (κ1) is 14.4. The Morgan fingerprint density at radius 2 is 2.14 bits per heavy atom. The zero-order valence-corrected chi connectivity index (χ0v) is 11.3. The van der Waals surface area contributed by atoms with Gasteiger partial charge >= 0.3 is 0 Å². The molecule has 0 saturated heterocycles. The minimum absolute atomic E-state index is 0.0187. The predicted octanol–water partition coefficient (Wildman–Crippen LogP) is 2.21. The van der Waals surface area contributed by atoms with Crippen LogP contribution in [-0.4, -0.2) is 21.0 Å². The predicted molar refractivity (Wildman–Crippen MR) is 77.3 cm³/mol. The van der Waals surface area contributed by atoms with Crippen molar-refractivity contribution in [1.29, 1.82) is 0 Å². The number of amides is 1. The lowest BCUT2D eigenvalue weighted by atomic mass is 10.1. The van der Waals surface area contributed by atoms with Crippen LogP contribution in [0, 0.1) is 10.1 Å². The van der Waals surface area contributed by atoms with Gasteiger partial charge < -0.3 is 5.32 Å². The number of aromatic amines is 1. The van der Waals surface area contributed by atoms with Gasteiger partial charge in [0.05, 0.1) is 17.2 Å². The molecular formula is C14H14N4O3. The highest BCUT2D eigenvalue weighted by Gasteiger charge is 2.08. The van der Waals surface area contributed by atoms with Crippen LogP contribution in [0.4, 0.5) is 5.69 Å². The SMILES string of the molecule is CC(NC(=O)/C=C/c1ccc([N+](=O)[O-])cc1)c1cn[nH]c1. The van der Waals surface area contributed by atoms with Gasteiger partial charge in [0, 0.05) is 30.0 Å². The van der Waals surface area contributed by atoms with E-state index in [1.54, 1.807) is 30.6 Å². The summed E-state index contributed by atoms with van der Waals surface area (Å²) in [7, 11) is 0. The molecule has 0 radical (unpaired) electrons. The van der Waals surface area contributed by atoms with E-state index in [0.29, 0.717) is 5.56 Å². The number of nitrogens with zero attached hydrogens (tertiary/aromatic N) is 2. The summed E-state index contributed by atoms with van der Waals surface area (Å²) in [5.41, 5.74) is 1.61. The van der Waals surface area contributed by atoms with E-state index in [2.05, 4.69) is 15.5 Å². The highest BCUT2D eigenvalue weighted by atomic mass is 16.6. The van der Waals surface area contributed by atoms with Crippen molar-refractivity contribution in [2.24, 2.45) is 0 Å². The smallest absolute Gasteiger partial charge is 0.269 e.